The molecular formula is C9H9N2O3-. The summed E-state index contributed by atoms with van der Waals surface area (Å²) in [5, 5.41) is 13.0. The molecule has 0 saturated heterocycles. The van der Waals surface area contributed by atoms with Gasteiger partial charge in [0.1, 0.15) is 0 Å². The summed E-state index contributed by atoms with van der Waals surface area (Å²) >= 11 is 0. The van der Waals surface area contributed by atoms with Gasteiger partial charge in [-0.25, -0.2) is 0 Å². The molecule has 0 aliphatic heterocycles. The topological polar surface area (TPSA) is 95.2 Å². The van der Waals surface area contributed by atoms with Crippen LogP contribution in [0.5, 0.6) is 0 Å². The van der Waals surface area contributed by atoms with E-state index < -0.39 is 11.9 Å². The van der Waals surface area contributed by atoms with E-state index in [0.29, 0.717) is 0 Å². The van der Waals surface area contributed by atoms with E-state index in [1.165, 1.54) is 12.1 Å². The van der Waals surface area contributed by atoms with Crippen molar-refractivity contribution in [3.8, 4) is 0 Å². The summed E-state index contributed by atoms with van der Waals surface area (Å²) in [6.45, 7) is -0.193. The molecule has 14 heavy (non-hydrogen) atoms. The van der Waals surface area contributed by atoms with Crippen molar-refractivity contribution in [2.24, 2.45) is 5.73 Å². The lowest BCUT2D eigenvalue weighted by Crippen LogP contribution is -2.27. The summed E-state index contributed by atoms with van der Waals surface area (Å²) < 4.78 is 0. The maximum atomic E-state index is 10.9. The summed E-state index contributed by atoms with van der Waals surface area (Å²) in [4.78, 5) is 21.5. The van der Waals surface area contributed by atoms with Crippen molar-refractivity contribution in [1.82, 2.24) is 0 Å². The normalized spacial score (nSPS) is 9.50. The number of carboxylic acids is 1. The first kappa shape index (κ1) is 10.2. The average Bonchev–Trinajstić information content (AvgIpc) is 2.18. The first-order valence-electron chi connectivity index (χ1n) is 3.95. The van der Waals surface area contributed by atoms with E-state index in [-0.39, 0.29) is 17.8 Å². The number of amides is 1. The molecule has 5 nitrogen and oxygen atoms in total. The fraction of sp³-hybridized carbons (Fsp3) is 0.111. The van der Waals surface area contributed by atoms with Crippen LogP contribution < -0.4 is 16.2 Å². The van der Waals surface area contributed by atoms with Gasteiger partial charge in [-0.05, 0) is 6.07 Å². The van der Waals surface area contributed by atoms with E-state index in [2.05, 4.69) is 5.32 Å². The smallest absolute Gasteiger partial charge is 0.238 e. The second-order valence-electron chi connectivity index (χ2n) is 2.59. The molecule has 1 aromatic carbocycles. The Labute approximate surface area is 80.5 Å². The number of para-hydroxylation sites is 1. The molecule has 0 atom stereocenters. The van der Waals surface area contributed by atoms with Gasteiger partial charge in [0.05, 0.1) is 12.5 Å². The number of aromatic carboxylic acids is 1. The van der Waals surface area contributed by atoms with Crippen LogP contribution in [0.4, 0.5) is 5.69 Å². The van der Waals surface area contributed by atoms with Crippen LogP contribution in [0.25, 0.3) is 0 Å². The third-order valence-corrected chi connectivity index (χ3v) is 1.61. The van der Waals surface area contributed by atoms with E-state index in [1.54, 1.807) is 12.1 Å². The molecule has 5 heteroatoms. The van der Waals surface area contributed by atoms with Gasteiger partial charge in [-0.2, -0.15) is 0 Å². The second kappa shape index (κ2) is 4.38. The SMILES string of the molecule is NCC(=O)Nc1ccccc1C(=O)[O-]. The molecule has 1 aromatic rings. The zero-order valence-electron chi connectivity index (χ0n) is 7.32. The molecule has 0 spiro atoms. The number of carboxylic acid groups (broad SMARTS) is 1. The van der Waals surface area contributed by atoms with Crippen LogP contribution in [0.1, 0.15) is 10.4 Å². The summed E-state index contributed by atoms with van der Waals surface area (Å²) in [6, 6.07) is 5.97. The Morgan fingerprint density at radius 1 is 1.36 bits per heavy atom. The molecule has 0 fully saturated rings. The van der Waals surface area contributed by atoms with E-state index in [0.717, 1.165) is 0 Å². The minimum absolute atomic E-state index is 0.0608. The quantitative estimate of drug-likeness (QED) is 0.640. The molecule has 0 unspecified atom stereocenters. The van der Waals surface area contributed by atoms with E-state index >= 15 is 0 Å². The molecule has 0 aliphatic rings. The molecule has 0 heterocycles. The van der Waals surface area contributed by atoms with Crippen LogP contribution in [0, 0.1) is 0 Å². The zero-order valence-corrected chi connectivity index (χ0v) is 7.32. The third-order valence-electron chi connectivity index (χ3n) is 1.61. The Morgan fingerprint density at radius 3 is 2.57 bits per heavy atom. The second-order valence-corrected chi connectivity index (χ2v) is 2.59. The van der Waals surface area contributed by atoms with E-state index in [1.807, 2.05) is 0 Å². The number of carbonyl (C=O) groups excluding carboxylic acids is 2. The number of nitrogens with one attached hydrogen (secondary N) is 1. The van der Waals surface area contributed by atoms with Crippen molar-refractivity contribution in [2.75, 3.05) is 11.9 Å². The number of rotatable bonds is 3. The fourth-order valence-electron chi connectivity index (χ4n) is 0.971. The molecule has 0 radical (unpaired) electrons. The van der Waals surface area contributed by atoms with Crippen molar-refractivity contribution < 1.29 is 14.7 Å². The lowest BCUT2D eigenvalue weighted by atomic mass is 10.2. The van der Waals surface area contributed by atoms with Gasteiger partial charge in [0.15, 0.2) is 0 Å². The Bertz CT molecular complexity index is 363. The Morgan fingerprint density at radius 2 is 2.00 bits per heavy atom. The van der Waals surface area contributed by atoms with Crippen molar-refractivity contribution in [3.63, 3.8) is 0 Å². The number of benzene rings is 1. The van der Waals surface area contributed by atoms with Gasteiger partial charge in [-0.3, -0.25) is 4.79 Å². The summed E-state index contributed by atoms with van der Waals surface area (Å²) in [6.07, 6.45) is 0. The summed E-state index contributed by atoms with van der Waals surface area (Å²) in [5.41, 5.74) is 5.21. The molecular weight excluding hydrogens is 184 g/mol. The highest BCUT2D eigenvalue weighted by atomic mass is 16.4. The van der Waals surface area contributed by atoms with Gasteiger partial charge in [-0.1, -0.05) is 18.2 Å². The van der Waals surface area contributed by atoms with Crippen molar-refractivity contribution in [2.45, 2.75) is 0 Å². The van der Waals surface area contributed by atoms with Gasteiger partial charge < -0.3 is 21.0 Å². The molecule has 0 bridgehead atoms. The number of nitrogens with two attached hydrogens (primary N) is 1. The minimum Gasteiger partial charge on any atom is -0.545 e. The number of hydrogen-bond acceptors (Lipinski definition) is 4. The van der Waals surface area contributed by atoms with Crippen LogP contribution in [0.3, 0.4) is 0 Å². The Balaban J connectivity index is 2.95. The maximum Gasteiger partial charge on any atom is 0.238 e. The van der Waals surface area contributed by atoms with Crippen LogP contribution in [0.15, 0.2) is 24.3 Å². The van der Waals surface area contributed by atoms with Gasteiger partial charge in [0.2, 0.25) is 5.91 Å². The van der Waals surface area contributed by atoms with E-state index in [9.17, 15) is 14.7 Å². The highest BCUT2D eigenvalue weighted by Gasteiger charge is 2.04. The van der Waals surface area contributed by atoms with Crippen LogP contribution >= 0.6 is 0 Å². The first-order valence-corrected chi connectivity index (χ1v) is 3.95. The molecule has 0 aromatic heterocycles. The lowest BCUT2D eigenvalue weighted by molar-refractivity contribution is -0.254. The summed E-state index contributed by atoms with van der Waals surface area (Å²) in [7, 11) is 0. The monoisotopic (exact) mass is 193 g/mol. The van der Waals surface area contributed by atoms with Crippen LogP contribution in [0.2, 0.25) is 0 Å². The number of carbonyl (C=O) groups is 2. The average molecular weight is 193 g/mol. The maximum absolute atomic E-state index is 10.9. The summed E-state index contributed by atoms with van der Waals surface area (Å²) in [5.74, 6) is -1.78. The fourth-order valence-corrected chi connectivity index (χ4v) is 0.971. The van der Waals surface area contributed by atoms with Crippen molar-refractivity contribution in [1.29, 1.82) is 0 Å². The molecule has 74 valence electrons. The largest absolute Gasteiger partial charge is 0.545 e. The number of anilines is 1. The molecule has 0 aliphatic carbocycles. The van der Waals surface area contributed by atoms with Gasteiger partial charge in [0, 0.05) is 11.3 Å². The molecule has 1 rings (SSSR count). The molecule has 1 amide bonds. The van der Waals surface area contributed by atoms with Crippen LogP contribution in [-0.4, -0.2) is 18.4 Å². The van der Waals surface area contributed by atoms with Crippen molar-refractivity contribution >= 4 is 17.6 Å². The highest BCUT2D eigenvalue weighted by Crippen LogP contribution is 2.13. The Kier molecular flexibility index (Phi) is 3.19. The zero-order chi connectivity index (χ0) is 10.6. The third kappa shape index (κ3) is 2.30. The standard InChI is InChI=1S/C9H10N2O3/c10-5-8(12)11-7-4-2-1-3-6(7)9(13)14/h1-4H,5,10H2,(H,11,12)(H,13,14)/p-1. The van der Waals surface area contributed by atoms with Gasteiger partial charge in [0.25, 0.3) is 0 Å². The highest BCUT2D eigenvalue weighted by molar-refractivity contribution is 6.00. The Hall–Kier alpha value is -1.88. The lowest BCUT2D eigenvalue weighted by Gasteiger charge is -2.10. The first-order chi connectivity index (χ1) is 6.65. The van der Waals surface area contributed by atoms with Gasteiger partial charge >= 0.3 is 0 Å². The van der Waals surface area contributed by atoms with E-state index in [4.69, 9.17) is 5.73 Å². The minimum atomic E-state index is -1.34. The molecule has 3 N–H and O–H groups in total. The van der Waals surface area contributed by atoms with Crippen molar-refractivity contribution in [3.05, 3.63) is 29.8 Å². The predicted molar refractivity (Wildman–Crippen MR) is 48.5 cm³/mol. The predicted octanol–water partition coefficient (Wildman–Crippen LogP) is -1.05. The molecule has 0 saturated carbocycles. The van der Waals surface area contributed by atoms with Crippen LogP contribution in [-0.2, 0) is 4.79 Å². The van der Waals surface area contributed by atoms with Gasteiger partial charge in [-0.15, -0.1) is 0 Å². The number of hydrogen-bond donors (Lipinski definition) is 2.